The number of benzene rings is 12. The van der Waals surface area contributed by atoms with Gasteiger partial charge in [0.05, 0.1) is 22.3 Å². The number of fused-ring (bicyclic) bond motifs is 27. The SMILES string of the molecule is [2H]C([2H])([2H])C([2H])(C([2H])([2H])[2H])C1(C([2H])(C([2H])([2H])[2H])C([2H])([2H])[2H])c2ccccc2-c2c1ccc1c2oc2c(-c3cccc[n+]3C)c(C)ccc21.[2H]C([2H])([2H])C([2H])(CC1(C([2H])([2H])C([2H])(C([2H])([2H])[2H])C([2H])([2H])[2H])c2ccccc2-c2c1ccc1c2oc2c(-c3cccc[n+]3C)c(C)ccc21)C([2H])([2H])[2H].[2H]C([2H])([2H])C1(C([2H])([2H])[2H])c2ccccc2-c2cc3oc4c(-c5cccc[n+]5C)c(C)ccc4c3cc21.[2H]C([2H])([2H])C1(C([2H])([2H])[2H])c2ccccc2-c2ccc3c(oc4c(-c5cccc[n+]5C)c(C)ccc43)c21. The predicted molar refractivity (Wildman–Crippen MR) is 536 cm³/mol. The second-order valence-corrected chi connectivity index (χ2v) is 34.5. The summed E-state index contributed by atoms with van der Waals surface area (Å²) in [5, 5.41) is 5.37. The van der Waals surface area contributed by atoms with Gasteiger partial charge >= 0.3 is 0 Å². The number of aromatic nitrogens is 4. The maximum Gasteiger partial charge on any atom is 0.216 e. The quantitative estimate of drug-likeness (QED) is 0.128. The molecule has 8 heterocycles. The molecular weight excluding hydrogens is 1590 g/mol. The lowest BCUT2D eigenvalue weighted by Crippen LogP contribution is -2.37. The van der Waals surface area contributed by atoms with Crippen molar-refractivity contribution in [1.29, 1.82) is 0 Å². The minimum Gasteiger partial charge on any atom is -0.455 e. The third-order valence-electron chi connectivity index (χ3n) is 27.0. The van der Waals surface area contributed by atoms with Crippen LogP contribution >= 0.6 is 0 Å². The van der Waals surface area contributed by atoms with Gasteiger partial charge in [0.25, 0.3) is 0 Å². The van der Waals surface area contributed by atoms with E-state index >= 15 is 0 Å². The first kappa shape index (κ1) is 48.7. The summed E-state index contributed by atoms with van der Waals surface area (Å²) in [7, 11) is 7.67. The lowest BCUT2D eigenvalue weighted by Gasteiger charge is -2.40. The molecule has 1 atom stereocenters. The summed E-state index contributed by atoms with van der Waals surface area (Å²) < 4.78 is 395. The van der Waals surface area contributed by atoms with Crippen LogP contribution in [-0.4, -0.2) is 0 Å². The van der Waals surface area contributed by atoms with Crippen molar-refractivity contribution in [3.63, 3.8) is 0 Å². The number of furan rings is 4. The van der Waals surface area contributed by atoms with E-state index in [1.165, 1.54) is 54.6 Å². The Morgan fingerprint density at radius 1 is 0.292 bits per heavy atom. The summed E-state index contributed by atoms with van der Waals surface area (Å²) in [4.78, 5) is 0. The van der Waals surface area contributed by atoms with E-state index in [-0.39, 0.29) is 55.7 Å². The summed E-state index contributed by atoms with van der Waals surface area (Å²) in [6.07, 6.45) is 2.44. The molecule has 4 aliphatic carbocycles. The zero-order valence-corrected chi connectivity index (χ0v) is 72.3. The molecule has 8 aromatic heterocycles. The lowest BCUT2D eigenvalue weighted by atomic mass is 9.63. The van der Waals surface area contributed by atoms with Gasteiger partial charge in [0.2, 0.25) is 22.8 Å². The van der Waals surface area contributed by atoms with E-state index in [9.17, 15) is 5.48 Å². The van der Waals surface area contributed by atoms with Crippen LogP contribution in [0.5, 0.6) is 0 Å². The fourth-order valence-corrected chi connectivity index (χ4v) is 21.0. The monoisotopic (exact) mass is 1740 g/mol. The van der Waals surface area contributed by atoms with Crippen molar-refractivity contribution in [3.8, 4) is 89.5 Å². The van der Waals surface area contributed by atoms with Crippen molar-refractivity contribution < 1.29 is 93.5 Å². The van der Waals surface area contributed by atoms with Gasteiger partial charge < -0.3 is 17.7 Å². The van der Waals surface area contributed by atoms with Crippen molar-refractivity contribution in [2.45, 2.75) is 144 Å². The zero-order valence-electron chi connectivity index (χ0n) is 114. The smallest absolute Gasteiger partial charge is 0.216 e. The van der Waals surface area contributed by atoms with Gasteiger partial charge in [-0.1, -0.05) is 258 Å². The molecule has 12 aromatic carbocycles. The highest BCUT2D eigenvalue weighted by atomic mass is 16.3. The van der Waals surface area contributed by atoms with Gasteiger partial charge in [0.15, 0.2) is 24.8 Å². The number of hydrogen-bond acceptors (Lipinski definition) is 4. The molecule has 0 fully saturated rings. The molecule has 0 saturated heterocycles. The predicted octanol–water partition coefficient (Wildman–Crippen LogP) is 30.1. The van der Waals surface area contributed by atoms with Gasteiger partial charge in [0, 0.05) is 188 Å². The van der Waals surface area contributed by atoms with E-state index in [1.54, 1.807) is 72.8 Å². The average molecular weight is 1740 g/mol. The van der Waals surface area contributed by atoms with Crippen LogP contribution in [0.4, 0.5) is 0 Å². The van der Waals surface area contributed by atoms with Crippen LogP contribution in [0.15, 0.2) is 309 Å². The second kappa shape index (κ2) is 31.1. The van der Waals surface area contributed by atoms with E-state index in [1.807, 2.05) is 238 Å². The molecule has 0 N–H and O–H groups in total. The van der Waals surface area contributed by atoms with Gasteiger partial charge in [-0.25, -0.2) is 18.3 Å². The number of rotatable bonds is 10. The van der Waals surface area contributed by atoms with E-state index in [2.05, 4.69) is 0 Å². The van der Waals surface area contributed by atoms with E-state index < -0.39 is 146 Å². The van der Waals surface area contributed by atoms with Crippen LogP contribution < -0.4 is 18.3 Å². The largest absolute Gasteiger partial charge is 0.455 e. The van der Waals surface area contributed by atoms with Gasteiger partial charge in [-0.2, -0.15) is 0 Å². The Morgan fingerprint density at radius 2 is 0.654 bits per heavy atom. The minimum atomic E-state index is -3.97. The van der Waals surface area contributed by atoms with Gasteiger partial charge in [-0.05, 0) is 201 Å². The first-order valence-electron chi connectivity index (χ1n) is 63.8. The first-order valence-corrected chi connectivity index (χ1v) is 42.8. The van der Waals surface area contributed by atoms with E-state index in [0.29, 0.717) is 105 Å². The van der Waals surface area contributed by atoms with Crippen molar-refractivity contribution in [1.82, 2.24) is 0 Å². The molecule has 0 aliphatic heterocycles. The summed E-state index contributed by atoms with van der Waals surface area (Å²) in [5.74, 6) is -15.2. The van der Waals surface area contributed by atoms with Crippen LogP contribution in [0.1, 0.15) is 219 Å². The third kappa shape index (κ3) is 12.5. The number of aryl methyl sites for hydroxylation is 8. The fraction of sp³-hybridized carbons (Fsp3) is 0.246. The number of nitrogens with zero attached hydrogens (tertiary/aromatic N) is 4. The highest BCUT2D eigenvalue weighted by Gasteiger charge is 2.50. The second-order valence-electron chi connectivity index (χ2n) is 34.5. The highest BCUT2D eigenvalue weighted by Crippen LogP contribution is 2.62. The standard InChI is InChI=1S/C34H36NO.C32H32NO.2C28H24NO/c1-21(2)19-34(20-22(3)4)27-12-8-7-11-26(27)31-28(34)17-16-25-24-15-14-23(5)30(32(24)36-33(25)31)29-13-9-10-18-35(29)6;1-19(2)32(20(3)4)25-12-8-7-11-24(25)29-26(32)17-16-23-22-15-14-21(5)28(30(22)34-31(23)29)27-13-9-10-18-33(27)6;1-17-12-13-20-21-15-14-19-18-9-5-6-10-22(18)28(2,3)25(19)27(21)30-26(20)24(17)23-11-7-8-16-29(23)4;1-17-12-13-19-21-15-23-20(18-9-5-6-10-22(18)28(23,2)3)16-25(21)30-27(19)26(17)24-11-7-8-14-29(24)4/h7-18,21-22H,19-20H2,1-6H3;7-20H,1-6H3;2*5-16H,1-4H3/q4*+1/i1D3,2D3,3D3,4D3,19D2,21D,22D;1D3,2D3,3D3,4D3,19D,20D;2*2D3,3D3. The Bertz CT molecular complexity index is 9800. The molecule has 8 nitrogen and oxygen atoms in total. The van der Waals surface area contributed by atoms with E-state index in [0.717, 1.165) is 78.1 Å². The Labute approximate surface area is 822 Å². The molecule has 0 spiro atoms. The normalized spacial score (nSPS) is 21.4. The summed E-state index contributed by atoms with van der Waals surface area (Å²) in [5.41, 5.74) is 6.38. The van der Waals surface area contributed by atoms with Gasteiger partial charge in [-0.15, -0.1) is 0 Å². The number of pyridine rings is 4. The molecule has 0 bridgehead atoms. The highest BCUT2D eigenvalue weighted by molar-refractivity contribution is 6.18. The topological polar surface area (TPSA) is 68.1 Å². The van der Waals surface area contributed by atoms with Crippen molar-refractivity contribution >= 4 is 87.8 Å². The maximum absolute atomic E-state index is 9.68. The molecule has 644 valence electrons. The molecule has 0 saturated carbocycles. The van der Waals surface area contributed by atoms with Crippen LogP contribution in [0.25, 0.3) is 177 Å². The summed E-state index contributed by atoms with van der Waals surface area (Å²) in [6.45, 7) is -33.7. The molecule has 130 heavy (non-hydrogen) atoms. The summed E-state index contributed by atoms with van der Waals surface area (Å²) >= 11 is 0. The molecular formula is C122H116N4O4+4. The van der Waals surface area contributed by atoms with Gasteiger partial charge in [0.1, 0.15) is 72.9 Å². The molecule has 0 radical (unpaired) electrons. The van der Waals surface area contributed by atoms with Crippen molar-refractivity contribution in [2.75, 3.05) is 0 Å². The van der Waals surface area contributed by atoms with Crippen molar-refractivity contribution in [2.24, 2.45) is 51.8 Å². The van der Waals surface area contributed by atoms with Crippen molar-refractivity contribution in [3.05, 3.63) is 358 Å². The molecule has 1 unspecified atom stereocenters. The van der Waals surface area contributed by atoms with Crippen LogP contribution in [0.2, 0.25) is 0 Å². The fourth-order valence-electron chi connectivity index (χ4n) is 21.0. The molecule has 0 amide bonds. The zero-order chi connectivity index (χ0) is 126. The number of hydrogen-bond donors (Lipinski definition) is 0. The van der Waals surface area contributed by atoms with Gasteiger partial charge in [-0.3, -0.25) is 0 Å². The van der Waals surface area contributed by atoms with Crippen LogP contribution in [0.3, 0.4) is 0 Å². The Kier molecular flexibility index (Phi) is 11.7. The third-order valence-corrected chi connectivity index (χ3v) is 27.0. The minimum absolute atomic E-state index is 0.0376. The Hall–Kier alpha value is -13.6. The Morgan fingerprint density at radius 3 is 1.12 bits per heavy atom. The lowest BCUT2D eigenvalue weighted by molar-refractivity contribution is -0.660. The molecule has 8 heteroatoms. The maximum atomic E-state index is 9.68. The van der Waals surface area contributed by atoms with E-state index in [4.69, 9.17) is 69.8 Å². The molecule has 24 rings (SSSR count). The van der Waals surface area contributed by atoms with Crippen LogP contribution in [-0.2, 0) is 49.9 Å². The molecule has 20 aromatic rings. The van der Waals surface area contributed by atoms with Crippen LogP contribution in [0, 0.1) is 51.3 Å². The Balaban J connectivity index is 0.000000131. The first-order chi connectivity index (χ1) is 79.6. The summed E-state index contributed by atoms with van der Waals surface area (Å²) in [6, 6.07) is 77.0. The molecule has 4 aliphatic rings. The average Bonchev–Trinajstić information content (AvgIpc) is 1.44.